The number of benzene rings is 3. The minimum absolute atomic E-state index is 0.0206. The van der Waals surface area contributed by atoms with E-state index >= 15 is 0 Å². The summed E-state index contributed by atoms with van der Waals surface area (Å²) in [7, 11) is -4.30. The first-order chi connectivity index (χ1) is 14.8. The Kier molecular flexibility index (Phi) is 5.17. The second-order valence-corrected chi connectivity index (χ2v) is 8.64. The largest absolute Gasteiger partial charge is 0.508 e. The molecule has 8 nitrogen and oxygen atoms in total. The van der Waals surface area contributed by atoms with Crippen LogP contribution in [0, 0.1) is 11.3 Å². The molecule has 0 saturated carbocycles. The van der Waals surface area contributed by atoms with E-state index in [0.717, 1.165) is 15.1 Å². The number of fused-ring (bicyclic) bond motifs is 2. The van der Waals surface area contributed by atoms with E-state index in [1.807, 2.05) is 29.0 Å². The Labute approximate surface area is 179 Å². The highest BCUT2D eigenvalue weighted by Gasteiger charge is 2.39. The lowest BCUT2D eigenvalue weighted by Gasteiger charge is -2.27. The van der Waals surface area contributed by atoms with Crippen molar-refractivity contribution in [1.82, 2.24) is 4.72 Å². The molecule has 3 aromatic rings. The number of amides is 1. The van der Waals surface area contributed by atoms with Crippen LogP contribution in [0.4, 0.5) is 10.5 Å². The zero-order valence-corrected chi connectivity index (χ0v) is 17.4. The highest BCUT2D eigenvalue weighted by molar-refractivity contribution is 7.91. The van der Waals surface area contributed by atoms with Crippen molar-refractivity contribution in [2.75, 3.05) is 10.9 Å². The second kappa shape index (κ2) is 7.81. The molecule has 1 unspecified atom stereocenters. The van der Waals surface area contributed by atoms with Crippen molar-refractivity contribution in [1.29, 1.82) is 5.26 Å². The Morgan fingerprint density at radius 1 is 1.19 bits per heavy atom. The number of anilines is 1. The summed E-state index contributed by atoms with van der Waals surface area (Å²) in [6, 6.07) is 16.7. The molecule has 1 amide bonds. The number of phenols is 1. The molecule has 4 rings (SSSR count). The minimum atomic E-state index is -4.30. The average Bonchev–Trinajstić information content (AvgIpc) is 3.12. The number of nitriles is 1. The number of hydrogen-bond donors (Lipinski definition) is 2. The van der Waals surface area contributed by atoms with Crippen molar-refractivity contribution in [3.63, 3.8) is 0 Å². The second-order valence-electron chi connectivity index (χ2n) is 7.09. The maximum absolute atomic E-state index is 13.1. The van der Waals surface area contributed by atoms with E-state index in [0.29, 0.717) is 28.8 Å². The number of rotatable bonds is 4. The van der Waals surface area contributed by atoms with Gasteiger partial charge < -0.3 is 9.84 Å². The van der Waals surface area contributed by atoms with Crippen LogP contribution in [0.2, 0.25) is 0 Å². The smallest absolute Gasteiger partial charge is 0.422 e. The van der Waals surface area contributed by atoms with Crippen molar-refractivity contribution in [3.8, 4) is 11.8 Å². The van der Waals surface area contributed by atoms with Crippen LogP contribution in [0.5, 0.6) is 5.75 Å². The fraction of sp³-hybridized carbons (Fsp3) is 0.182. The van der Waals surface area contributed by atoms with Gasteiger partial charge >= 0.3 is 16.3 Å². The molecule has 158 valence electrons. The minimum Gasteiger partial charge on any atom is -0.508 e. The Morgan fingerprint density at radius 2 is 1.97 bits per heavy atom. The number of nitrogens with zero attached hydrogens (tertiary/aromatic N) is 2. The molecule has 2 N–H and O–H groups in total. The van der Waals surface area contributed by atoms with E-state index in [1.165, 1.54) is 18.2 Å². The number of carbonyl (C=O) groups is 1. The molecule has 0 aliphatic carbocycles. The highest BCUT2D eigenvalue weighted by atomic mass is 32.2. The van der Waals surface area contributed by atoms with Crippen LogP contribution >= 0.6 is 0 Å². The summed E-state index contributed by atoms with van der Waals surface area (Å²) in [6.07, 6.45) is -0.762. The van der Waals surface area contributed by atoms with Crippen LogP contribution in [0.1, 0.15) is 29.7 Å². The van der Waals surface area contributed by atoms with Gasteiger partial charge in [0.05, 0.1) is 30.0 Å². The molecule has 0 aromatic heterocycles. The third-order valence-electron chi connectivity index (χ3n) is 5.12. The number of nitrogens with one attached hydrogen (secondary N) is 1. The van der Waals surface area contributed by atoms with Crippen molar-refractivity contribution in [3.05, 3.63) is 71.3 Å². The van der Waals surface area contributed by atoms with Gasteiger partial charge in [0.15, 0.2) is 0 Å². The molecule has 31 heavy (non-hydrogen) atoms. The standard InChI is InChI=1S/C22H19N3O5S/c1-2-30-22(27)24-31(28,29)25-20-8-7-19(26)11-18(20)12-21(25)16-6-5-15-4-3-14(13-23)9-17(15)10-16/h3-11,21,26H,2,12H2,1H3,(H,24,27). The van der Waals surface area contributed by atoms with Crippen LogP contribution in [-0.4, -0.2) is 26.2 Å². The molecule has 0 saturated heterocycles. The predicted octanol–water partition coefficient (Wildman–Crippen LogP) is 3.51. The Morgan fingerprint density at radius 3 is 2.71 bits per heavy atom. The van der Waals surface area contributed by atoms with Gasteiger partial charge in [-0.3, -0.25) is 0 Å². The zero-order chi connectivity index (χ0) is 22.2. The molecule has 1 aliphatic heterocycles. The SMILES string of the molecule is CCOC(=O)NS(=O)(=O)N1c2ccc(O)cc2CC1c1ccc2ccc(C#N)cc2c1. The van der Waals surface area contributed by atoms with E-state index in [4.69, 9.17) is 4.74 Å². The molecule has 1 aliphatic rings. The van der Waals surface area contributed by atoms with E-state index in [1.54, 1.807) is 19.1 Å². The first kappa shape index (κ1) is 20.5. The summed E-state index contributed by atoms with van der Waals surface area (Å²) in [5, 5.41) is 20.8. The highest BCUT2D eigenvalue weighted by Crippen LogP contribution is 2.43. The van der Waals surface area contributed by atoms with Gasteiger partial charge in [-0.2, -0.15) is 13.7 Å². The summed E-state index contributed by atoms with van der Waals surface area (Å²) in [4.78, 5) is 11.9. The number of carbonyl (C=O) groups excluding carboxylic acids is 1. The lowest BCUT2D eigenvalue weighted by atomic mass is 9.98. The number of aromatic hydroxyl groups is 1. The van der Waals surface area contributed by atoms with Gasteiger partial charge in [0, 0.05) is 6.42 Å². The van der Waals surface area contributed by atoms with E-state index in [-0.39, 0.29) is 12.4 Å². The maximum Gasteiger partial charge on any atom is 0.422 e. The molecule has 1 atom stereocenters. The quantitative estimate of drug-likeness (QED) is 0.645. The fourth-order valence-corrected chi connectivity index (χ4v) is 5.15. The Balaban J connectivity index is 1.81. The molecule has 1 heterocycles. The average molecular weight is 437 g/mol. The van der Waals surface area contributed by atoms with Gasteiger partial charge in [-0.1, -0.05) is 18.2 Å². The predicted molar refractivity (Wildman–Crippen MR) is 115 cm³/mol. The lowest BCUT2D eigenvalue weighted by molar-refractivity contribution is 0.158. The molecular weight excluding hydrogens is 418 g/mol. The van der Waals surface area contributed by atoms with Gasteiger partial charge in [-0.05, 0) is 65.2 Å². The van der Waals surface area contributed by atoms with Gasteiger partial charge in [0.1, 0.15) is 5.75 Å². The van der Waals surface area contributed by atoms with Gasteiger partial charge in [-0.25, -0.2) is 13.8 Å². The third-order valence-corrected chi connectivity index (χ3v) is 6.52. The monoisotopic (exact) mass is 437 g/mol. The van der Waals surface area contributed by atoms with Gasteiger partial charge in [-0.15, -0.1) is 0 Å². The summed E-state index contributed by atoms with van der Waals surface area (Å²) >= 11 is 0. The Hall–Kier alpha value is -3.77. The molecule has 0 spiro atoms. The Bertz CT molecular complexity index is 1330. The summed E-state index contributed by atoms with van der Waals surface area (Å²) in [5.74, 6) is 0.0206. The number of hydrogen-bond acceptors (Lipinski definition) is 6. The van der Waals surface area contributed by atoms with Crippen LogP contribution in [0.3, 0.4) is 0 Å². The maximum atomic E-state index is 13.1. The van der Waals surface area contributed by atoms with E-state index in [9.17, 15) is 23.6 Å². The van der Waals surface area contributed by atoms with Crippen molar-refractivity contribution >= 4 is 32.8 Å². The molecular formula is C22H19N3O5S. The first-order valence-electron chi connectivity index (χ1n) is 9.57. The van der Waals surface area contributed by atoms with E-state index < -0.39 is 22.3 Å². The normalized spacial score (nSPS) is 15.4. The van der Waals surface area contributed by atoms with Crippen LogP contribution in [0.15, 0.2) is 54.6 Å². The van der Waals surface area contributed by atoms with Crippen LogP contribution in [-0.2, 0) is 21.4 Å². The topological polar surface area (TPSA) is 120 Å². The zero-order valence-electron chi connectivity index (χ0n) is 16.6. The third kappa shape index (κ3) is 3.85. The fourth-order valence-electron chi connectivity index (χ4n) is 3.82. The van der Waals surface area contributed by atoms with E-state index in [2.05, 4.69) is 6.07 Å². The molecule has 9 heteroatoms. The first-order valence-corrected chi connectivity index (χ1v) is 11.0. The summed E-state index contributed by atoms with van der Waals surface area (Å²) < 4.78 is 34.1. The summed E-state index contributed by atoms with van der Waals surface area (Å²) in [5.41, 5.74) is 2.18. The number of phenolic OH excluding ortho intramolecular Hbond substituents is 1. The molecule has 0 bridgehead atoms. The van der Waals surface area contributed by atoms with Crippen molar-refractivity contribution < 1.29 is 23.1 Å². The van der Waals surface area contributed by atoms with Crippen molar-refractivity contribution in [2.45, 2.75) is 19.4 Å². The van der Waals surface area contributed by atoms with Crippen molar-refractivity contribution in [2.24, 2.45) is 0 Å². The lowest BCUT2D eigenvalue weighted by Crippen LogP contribution is -2.44. The molecule has 0 radical (unpaired) electrons. The number of ether oxygens (including phenoxy) is 1. The summed E-state index contributed by atoms with van der Waals surface area (Å²) in [6.45, 7) is 1.61. The molecule has 0 fully saturated rings. The molecule has 3 aromatic carbocycles. The van der Waals surface area contributed by atoms with Gasteiger partial charge in [0.25, 0.3) is 0 Å². The van der Waals surface area contributed by atoms with Crippen LogP contribution in [0.25, 0.3) is 10.8 Å². The van der Waals surface area contributed by atoms with Crippen LogP contribution < -0.4 is 9.03 Å². The van der Waals surface area contributed by atoms with Gasteiger partial charge in [0.2, 0.25) is 0 Å².